The Balaban J connectivity index is 2.41. The molecule has 0 saturated carbocycles. The molecule has 102 valence electrons. The minimum atomic E-state index is -0.929. The average molecular weight is 263 g/mol. The standard InChI is InChI=1S/C12H17N5O2/c1-7(10(18)19)13-8-5-6-9-14-15-11(12(2,3)4)17(9)16-8/h5-7H,1-4H3,(H,13,16)(H,18,19). The molecule has 19 heavy (non-hydrogen) atoms. The Hall–Kier alpha value is -2.18. The van der Waals surface area contributed by atoms with E-state index in [9.17, 15) is 4.79 Å². The van der Waals surface area contributed by atoms with Gasteiger partial charge in [-0.15, -0.1) is 15.3 Å². The van der Waals surface area contributed by atoms with Gasteiger partial charge in [0.2, 0.25) is 0 Å². The molecule has 7 nitrogen and oxygen atoms in total. The number of rotatable bonds is 3. The number of nitrogens with one attached hydrogen (secondary N) is 1. The smallest absolute Gasteiger partial charge is 0.325 e. The summed E-state index contributed by atoms with van der Waals surface area (Å²) in [6.45, 7) is 7.62. The van der Waals surface area contributed by atoms with Crippen LogP contribution in [0.2, 0.25) is 0 Å². The number of fused-ring (bicyclic) bond motifs is 1. The molecule has 0 aliphatic rings. The fourth-order valence-electron chi connectivity index (χ4n) is 1.62. The summed E-state index contributed by atoms with van der Waals surface area (Å²) in [5, 5.41) is 24.2. The number of carboxylic acid groups (broad SMARTS) is 1. The second-order valence-electron chi connectivity index (χ2n) is 5.47. The second-order valence-corrected chi connectivity index (χ2v) is 5.47. The summed E-state index contributed by atoms with van der Waals surface area (Å²) in [7, 11) is 0. The van der Waals surface area contributed by atoms with Crippen molar-refractivity contribution < 1.29 is 9.90 Å². The number of carbonyl (C=O) groups is 1. The first-order valence-electron chi connectivity index (χ1n) is 6.01. The van der Waals surface area contributed by atoms with E-state index in [0.29, 0.717) is 11.5 Å². The Morgan fingerprint density at radius 3 is 2.63 bits per heavy atom. The predicted octanol–water partition coefficient (Wildman–Crippen LogP) is 1.31. The number of carboxylic acids is 1. The molecule has 0 amide bonds. The molecule has 0 fully saturated rings. The van der Waals surface area contributed by atoms with Gasteiger partial charge in [-0.1, -0.05) is 20.8 Å². The lowest BCUT2D eigenvalue weighted by atomic mass is 9.96. The number of aliphatic carboxylic acids is 1. The summed E-state index contributed by atoms with van der Waals surface area (Å²) in [5.41, 5.74) is 0.446. The summed E-state index contributed by atoms with van der Waals surface area (Å²) in [4.78, 5) is 10.8. The summed E-state index contributed by atoms with van der Waals surface area (Å²) in [5.74, 6) is 0.281. The van der Waals surface area contributed by atoms with Crippen molar-refractivity contribution in [2.24, 2.45) is 0 Å². The Morgan fingerprint density at radius 1 is 1.37 bits per heavy atom. The van der Waals surface area contributed by atoms with Crippen LogP contribution in [0.25, 0.3) is 5.65 Å². The molecule has 7 heteroatoms. The SMILES string of the molecule is CC(Nc1ccc2nnc(C(C)(C)C)n2n1)C(=O)O. The van der Waals surface area contributed by atoms with E-state index in [2.05, 4.69) is 20.6 Å². The molecule has 2 aromatic heterocycles. The third-order valence-corrected chi connectivity index (χ3v) is 2.67. The van der Waals surface area contributed by atoms with Gasteiger partial charge < -0.3 is 10.4 Å². The quantitative estimate of drug-likeness (QED) is 0.867. The summed E-state index contributed by atoms with van der Waals surface area (Å²) >= 11 is 0. The van der Waals surface area contributed by atoms with E-state index in [4.69, 9.17) is 5.11 Å². The fourth-order valence-corrected chi connectivity index (χ4v) is 1.62. The van der Waals surface area contributed by atoms with Crippen LogP contribution in [0.15, 0.2) is 12.1 Å². The van der Waals surface area contributed by atoms with Crippen LogP contribution in [-0.2, 0) is 10.2 Å². The van der Waals surface area contributed by atoms with Crippen LogP contribution in [-0.4, -0.2) is 36.9 Å². The van der Waals surface area contributed by atoms with Crippen LogP contribution in [0.1, 0.15) is 33.5 Å². The number of anilines is 1. The first-order chi connectivity index (χ1) is 8.79. The third-order valence-electron chi connectivity index (χ3n) is 2.67. The van der Waals surface area contributed by atoms with Crippen LogP contribution in [0.3, 0.4) is 0 Å². The van der Waals surface area contributed by atoms with Crippen LogP contribution >= 0.6 is 0 Å². The first kappa shape index (κ1) is 13.3. The van der Waals surface area contributed by atoms with E-state index in [-0.39, 0.29) is 5.41 Å². The summed E-state index contributed by atoms with van der Waals surface area (Å²) in [6.07, 6.45) is 0. The maximum atomic E-state index is 10.8. The Morgan fingerprint density at radius 2 is 2.05 bits per heavy atom. The lowest BCUT2D eigenvalue weighted by Crippen LogP contribution is -2.26. The van der Waals surface area contributed by atoms with E-state index >= 15 is 0 Å². The topological polar surface area (TPSA) is 92.4 Å². The summed E-state index contributed by atoms with van der Waals surface area (Å²) < 4.78 is 1.64. The molecule has 2 heterocycles. The van der Waals surface area contributed by atoms with E-state index in [1.807, 2.05) is 20.8 Å². The summed E-state index contributed by atoms with van der Waals surface area (Å²) in [6, 6.07) is 2.74. The van der Waals surface area contributed by atoms with Crippen LogP contribution < -0.4 is 5.32 Å². The zero-order valence-electron chi connectivity index (χ0n) is 11.4. The maximum absolute atomic E-state index is 10.8. The molecule has 1 unspecified atom stereocenters. The minimum absolute atomic E-state index is 0.191. The van der Waals surface area contributed by atoms with Gasteiger partial charge >= 0.3 is 5.97 Å². The zero-order valence-corrected chi connectivity index (χ0v) is 11.4. The molecule has 0 spiro atoms. The highest BCUT2D eigenvalue weighted by Crippen LogP contribution is 2.20. The van der Waals surface area contributed by atoms with Crippen molar-refractivity contribution in [3.63, 3.8) is 0 Å². The molecule has 0 aromatic carbocycles. The highest BCUT2D eigenvalue weighted by Gasteiger charge is 2.22. The van der Waals surface area contributed by atoms with Crippen molar-refractivity contribution in [2.45, 2.75) is 39.2 Å². The van der Waals surface area contributed by atoms with Gasteiger partial charge in [-0.05, 0) is 19.1 Å². The van der Waals surface area contributed by atoms with Crippen molar-refractivity contribution in [1.29, 1.82) is 0 Å². The van der Waals surface area contributed by atoms with Crippen molar-refractivity contribution >= 4 is 17.4 Å². The van der Waals surface area contributed by atoms with Crippen LogP contribution in [0.4, 0.5) is 5.82 Å². The minimum Gasteiger partial charge on any atom is -0.480 e. The Kier molecular flexibility index (Phi) is 3.13. The average Bonchev–Trinajstić information content (AvgIpc) is 2.71. The maximum Gasteiger partial charge on any atom is 0.325 e. The molecule has 0 aliphatic heterocycles. The molecule has 1 atom stereocenters. The number of hydrogen-bond acceptors (Lipinski definition) is 5. The normalized spacial score (nSPS) is 13.5. The van der Waals surface area contributed by atoms with E-state index < -0.39 is 12.0 Å². The van der Waals surface area contributed by atoms with Gasteiger partial charge in [-0.3, -0.25) is 4.79 Å². The van der Waals surface area contributed by atoms with Crippen LogP contribution in [0.5, 0.6) is 0 Å². The predicted molar refractivity (Wildman–Crippen MR) is 70.2 cm³/mol. The number of hydrogen-bond donors (Lipinski definition) is 2. The molecule has 2 N–H and O–H groups in total. The van der Waals surface area contributed by atoms with Crippen molar-refractivity contribution in [1.82, 2.24) is 19.8 Å². The van der Waals surface area contributed by atoms with Crippen molar-refractivity contribution in [2.75, 3.05) is 5.32 Å². The van der Waals surface area contributed by atoms with Gasteiger partial charge in [0.1, 0.15) is 11.9 Å². The van der Waals surface area contributed by atoms with E-state index in [1.54, 1.807) is 23.6 Å². The first-order valence-corrected chi connectivity index (χ1v) is 6.01. The number of nitrogens with zero attached hydrogens (tertiary/aromatic N) is 4. The van der Waals surface area contributed by atoms with Gasteiger partial charge in [0, 0.05) is 5.41 Å². The van der Waals surface area contributed by atoms with Gasteiger partial charge in [0.05, 0.1) is 0 Å². The van der Waals surface area contributed by atoms with Crippen molar-refractivity contribution in [3.05, 3.63) is 18.0 Å². The second kappa shape index (κ2) is 4.49. The molecule has 2 aromatic rings. The highest BCUT2D eigenvalue weighted by molar-refractivity contribution is 5.76. The van der Waals surface area contributed by atoms with Gasteiger partial charge in [0.15, 0.2) is 11.5 Å². The Bertz CT molecular complexity index is 614. The number of aromatic nitrogens is 4. The molecule has 0 bridgehead atoms. The lowest BCUT2D eigenvalue weighted by molar-refractivity contribution is -0.137. The van der Waals surface area contributed by atoms with E-state index in [0.717, 1.165) is 5.82 Å². The molecule has 0 radical (unpaired) electrons. The zero-order chi connectivity index (χ0) is 14.2. The highest BCUT2D eigenvalue weighted by atomic mass is 16.4. The molecule has 0 saturated heterocycles. The van der Waals surface area contributed by atoms with E-state index in [1.165, 1.54) is 0 Å². The van der Waals surface area contributed by atoms with Crippen molar-refractivity contribution in [3.8, 4) is 0 Å². The molecular formula is C12H17N5O2. The molecule has 0 aliphatic carbocycles. The lowest BCUT2D eigenvalue weighted by Gasteiger charge is -2.15. The van der Waals surface area contributed by atoms with Gasteiger partial charge in [-0.25, -0.2) is 0 Å². The Labute approximate surface area is 110 Å². The third kappa shape index (κ3) is 2.64. The van der Waals surface area contributed by atoms with Gasteiger partial charge in [-0.2, -0.15) is 4.52 Å². The fraction of sp³-hybridized carbons (Fsp3) is 0.500. The monoisotopic (exact) mass is 263 g/mol. The largest absolute Gasteiger partial charge is 0.480 e. The van der Waals surface area contributed by atoms with Gasteiger partial charge in [0.25, 0.3) is 0 Å². The molecular weight excluding hydrogens is 246 g/mol. The molecule has 2 rings (SSSR count). The van der Waals surface area contributed by atoms with Crippen LogP contribution in [0, 0.1) is 0 Å².